The maximum absolute atomic E-state index is 13.7. The highest BCUT2D eigenvalue weighted by molar-refractivity contribution is 5.42. The standard InChI is InChI=1S/C15H16F2N2O/c1-9(2)10-6-4-5-7-13(10)20-15-12(17)8-11(16)14(18-3)19-15/h4-9H,1-3H3,(H,18,19). The van der Waals surface area contributed by atoms with Gasteiger partial charge in [0.25, 0.3) is 5.88 Å². The average Bonchev–Trinajstić information content (AvgIpc) is 2.42. The molecule has 20 heavy (non-hydrogen) atoms. The summed E-state index contributed by atoms with van der Waals surface area (Å²) in [6.45, 7) is 4.02. The van der Waals surface area contributed by atoms with Crippen LogP contribution >= 0.6 is 0 Å². The number of rotatable bonds is 4. The molecule has 0 amide bonds. The number of aromatic nitrogens is 1. The Morgan fingerprint density at radius 3 is 2.50 bits per heavy atom. The number of nitrogens with one attached hydrogen (secondary N) is 1. The van der Waals surface area contributed by atoms with E-state index in [2.05, 4.69) is 10.3 Å². The minimum Gasteiger partial charge on any atom is -0.436 e. The molecule has 2 rings (SSSR count). The lowest BCUT2D eigenvalue weighted by Crippen LogP contribution is -2.02. The second-order valence-electron chi connectivity index (χ2n) is 4.65. The van der Waals surface area contributed by atoms with Crippen LogP contribution in [0.1, 0.15) is 25.3 Å². The number of ether oxygens (including phenoxy) is 1. The van der Waals surface area contributed by atoms with Crippen molar-refractivity contribution in [1.29, 1.82) is 0 Å². The molecule has 0 saturated heterocycles. The van der Waals surface area contributed by atoms with Crippen molar-refractivity contribution in [3.8, 4) is 11.6 Å². The third-order valence-electron chi connectivity index (χ3n) is 2.88. The van der Waals surface area contributed by atoms with E-state index in [4.69, 9.17) is 4.74 Å². The topological polar surface area (TPSA) is 34.2 Å². The van der Waals surface area contributed by atoms with E-state index in [1.165, 1.54) is 7.05 Å². The molecule has 0 bridgehead atoms. The summed E-state index contributed by atoms with van der Waals surface area (Å²) in [5, 5.41) is 2.55. The van der Waals surface area contributed by atoms with E-state index in [9.17, 15) is 8.78 Å². The lowest BCUT2D eigenvalue weighted by molar-refractivity contribution is 0.412. The molecular weight excluding hydrogens is 262 g/mol. The van der Waals surface area contributed by atoms with Crippen LogP contribution in [0.2, 0.25) is 0 Å². The Balaban J connectivity index is 2.40. The van der Waals surface area contributed by atoms with Gasteiger partial charge < -0.3 is 10.1 Å². The minimum absolute atomic E-state index is 0.0524. The largest absolute Gasteiger partial charge is 0.436 e. The van der Waals surface area contributed by atoms with E-state index >= 15 is 0 Å². The van der Waals surface area contributed by atoms with Crippen molar-refractivity contribution in [1.82, 2.24) is 4.98 Å². The van der Waals surface area contributed by atoms with Crippen LogP contribution in [0.15, 0.2) is 30.3 Å². The molecule has 0 atom stereocenters. The molecule has 0 unspecified atom stereocenters. The van der Waals surface area contributed by atoms with Gasteiger partial charge in [-0.1, -0.05) is 32.0 Å². The van der Waals surface area contributed by atoms with Crippen LogP contribution in [0, 0.1) is 11.6 Å². The summed E-state index contributed by atoms with van der Waals surface area (Å²) in [7, 11) is 1.51. The molecular formula is C15H16F2N2O. The van der Waals surface area contributed by atoms with Crippen LogP contribution in [0.25, 0.3) is 0 Å². The van der Waals surface area contributed by atoms with E-state index in [1.54, 1.807) is 12.1 Å². The first-order valence-electron chi connectivity index (χ1n) is 6.33. The summed E-state index contributed by atoms with van der Waals surface area (Å²) in [4.78, 5) is 3.80. The van der Waals surface area contributed by atoms with Crippen LogP contribution < -0.4 is 10.1 Å². The molecule has 0 saturated carbocycles. The lowest BCUT2D eigenvalue weighted by atomic mass is 10.0. The van der Waals surface area contributed by atoms with Crippen molar-refractivity contribution >= 4 is 5.82 Å². The molecule has 3 nitrogen and oxygen atoms in total. The van der Waals surface area contributed by atoms with Gasteiger partial charge in [-0.2, -0.15) is 4.98 Å². The summed E-state index contributed by atoms with van der Waals surface area (Å²) in [5.41, 5.74) is 0.934. The zero-order valence-electron chi connectivity index (χ0n) is 11.6. The smallest absolute Gasteiger partial charge is 0.258 e. The van der Waals surface area contributed by atoms with E-state index in [0.717, 1.165) is 11.6 Å². The number of anilines is 1. The first-order valence-corrected chi connectivity index (χ1v) is 6.33. The van der Waals surface area contributed by atoms with Crippen LogP contribution in [0.3, 0.4) is 0 Å². The predicted octanol–water partition coefficient (Wildman–Crippen LogP) is 4.32. The number of halogens is 2. The number of benzene rings is 1. The van der Waals surface area contributed by atoms with Gasteiger partial charge in [0.2, 0.25) is 0 Å². The van der Waals surface area contributed by atoms with Gasteiger partial charge in [-0.05, 0) is 17.5 Å². The van der Waals surface area contributed by atoms with E-state index in [0.29, 0.717) is 5.75 Å². The maximum atomic E-state index is 13.7. The Morgan fingerprint density at radius 2 is 1.85 bits per heavy atom. The fourth-order valence-electron chi connectivity index (χ4n) is 1.85. The Kier molecular flexibility index (Phi) is 4.17. The van der Waals surface area contributed by atoms with Crippen molar-refractivity contribution < 1.29 is 13.5 Å². The van der Waals surface area contributed by atoms with Crippen molar-refractivity contribution in [2.45, 2.75) is 19.8 Å². The summed E-state index contributed by atoms with van der Waals surface area (Å²) in [6.07, 6.45) is 0. The molecule has 1 aromatic carbocycles. The quantitative estimate of drug-likeness (QED) is 0.904. The highest BCUT2D eigenvalue weighted by atomic mass is 19.1. The van der Waals surface area contributed by atoms with E-state index < -0.39 is 11.6 Å². The van der Waals surface area contributed by atoms with Crippen molar-refractivity contribution in [3.63, 3.8) is 0 Å². The monoisotopic (exact) mass is 278 g/mol. The fraction of sp³-hybridized carbons (Fsp3) is 0.267. The van der Waals surface area contributed by atoms with Crippen molar-refractivity contribution in [2.75, 3.05) is 12.4 Å². The third-order valence-corrected chi connectivity index (χ3v) is 2.88. The molecule has 0 spiro atoms. The zero-order valence-corrected chi connectivity index (χ0v) is 11.6. The van der Waals surface area contributed by atoms with Gasteiger partial charge in [0, 0.05) is 13.1 Å². The Bertz CT molecular complexity index is 615. The van der Waals surface area contributed by atoms with Crippen molar-refractivity contribution in [3.05, 3.63) is 47.5 Å². The van der Waals surface area contributed by atoms with Crippen LogP contribution in [0.4, 0.5) is 14.6 Å². The van der Waals surface area contributed by atoms with Crippen LogP contribution in [0.5, 0.6) is 11.6 Å². The van der Waals surface area contributed by atoms with E-state index in [-0.39, 0.29) is 17.6 Å². The summed E-state index contributed by atoms with van der Waals surface area (Å²) >= 11 is 0. The van der Waals surface area contributed by atoms with Gasteiger partial charge in [0.1, 0.15) is 5.75 Å². The molecule has 0 aliphatic rings. The number of pyridine rings is 1. The molecule has 1 N–H and O–H groups in total. The Morgan fingerprint density at radius 1 is 1.15 bits per heavy atom. The summed E-state index contributed by atoms with van der Waals surface area (Å²) in [5.74, 6) is -1.15. The van der Waals surface area contributed by atoms with E-state index in [1.807, 2.05) is 26.0 Å². The van der Waals surface area contributed by atoms with Gasteiger partial charge in [-0.3, -0.25) is 0 Å². The molecule has 2 aromatic rings. The second-order valence-corrected chi connectivity index (χ2v) is 4.65. The Labute approximate surface area is 116 Å². The predicted molar refractivity (Wildman–Crippen MR) is 74.3 cm³/mol. The first-order chi connectivity index (χ1) is 9.52. The normalized spacial score (nSPS) is 10.7. The zero-order chi connectivity index (χ0) is 14.7. The Hall–Kier alpha value is -2.17. The van der Waals surface area contributed by atoms with Gasteiger partial charge in [-0.15, -0.1) is 0 Å². The maximum Gasteiger partial charge on any atom is 0.258 e. The van der Waals surface area contributed by atoms with Crippen LogP contribution in [-0.4, -0.2) is 12.0 Å². The molecule has 106 valence electrons. The number of nitrogens with zero attached hydrogens (tertiary/aromatic N) is 1. The third kappa shape index (κ3) is 2.87. The molecule has 5 heteroatoms. The van der Waals surface area contributed by atoms with Gasteiger partial charge >= 0.3 is 0 Å². The highest BCUT2D eigenvalue weighted by Gasteiger charge is 2.15. The summed E-state index contributed by atoms with van der Waals surface area (Å²) in [6, 6.07) is 8.07. The summed E-state index contributed by atoms with van der Waals surface area (Å²) < 4.78 is 32.6. The fourth-order valence-corrected chi connectivity index (χ4v) is 1.85. The number of hydrogen-bond acceptors (Lipinski definition) is 3. The molecule has 1 heterocycles. The molecule has 0 radical (unpaired) electrons. The number of para-hydroxylation sites is 1. The number of hydrogen-bond donors (Lipinski definition) is 1. The van der Waals surface area contributed by atoms with Gasteiger partial charge in [0.15, 0.2) is 17.5 Å². The lowest BCUT2D eigenvalue weighted by Gasteiger charge is -2.14. The molecule has 1 aromatic heterocycles. The SMILES string of the molecule is CNc1nc(Oc2ccccc2C(C)C)c(F)cc1F. The first kappa shape index (κ1) is 14.2. The molecule has 0 aliphatic carbocycles. The molecule has 0 aliphatic heterocycles. The average molecular weight is 278 g/mol. The van der Waals surface area contributed by atoms with Crippen LogP contribution in [-0.2, 0) is 0 Å². The highest BCUT2D eigenvalue weighted by Crippen LogP contribution is 2.31. The van der Waals surface area contributed by atoms with Crippen molar-refractivity contribution in [2.24, 2.45) is 0 Å². The second kappa shape index (κ2) is 5.86. The van der Waals surface area contributed by atoms with Gasteiger partial charge in [-0.25, -0.2) is 8.78 Å². The minimum atomic E-state index is -0.833. The molecule has 0 fully saturated rings. The van der Waals surface area contributed by atoms with Gasteiger partial charge in [0.05, 0.1) is 0 Å².